The molecule has 2 heterocycles. The van der Waals surface area contributed by atoms with Crippen molar-refractivity contribution in [1.29, 1.82) is 0 Å². The van der Waals surface area contributed by atoms with Crippen molar-refractivity contribution in [2.75, 3.05) is 5.32 Å². The van der Waals surface area contributed by atoms with Crippen LogP contribution in [0.1, 0.15) is 13.8 Å². The predicted octanol–water partition coefficient (Wildman–Crippen LogP) is 3.18. The molecule has 84 valence electrons. The smallest absolute Gasteiger partial charge is 0.203 e. The summed E-state index contributed by atoms with van der Waals surface area (Å²) in [6.07, 6.45) is 1.74. The first-order chi connectivity index (χ1) is 7.65. The molecule has 0 bridgehead atoms. The summed E-state index contributed by atoms with van der Waals surface area (Å²) in [5.74, 6) is 0.667. The highest BCUT2D eigenvalue weighted by Gasteiger charge is 2.07. The van der Waals surface area contributed by atoms with Crippen LogP contribution in [0, 0.1) is 0 Å². The van der Waals surface area contributed by atoms with Gasteiger partial charge in [-0.3, -0.25) is 4.98 Å². The van der Waals surface area contributed by atoms with Gasteiger partial charge in [-0.25, -0.2) is 0 Å². The van der Waals surface area contributed by atoms with Gasteiger partial charge < -0.3 is 5.32 Å². The molecule has 0 saturated carbocycles. The second kappa shape index (κ2) is 4.88. The Morgan fingerprint density at radius 3 is 2.81 bits per heavy atom. The van der Waals surface area contributed by atoms with Crippen LogP contribution in [0.25, 0.3) is 11.5 Å². The Hall–Kier alpha value is -1.01. The number of hydrogen-bond donors (Lipinski definition) is 1. The van der Waals surface area contributed by atoms with E-state index >= 15 is 0 Å². The minimum atomic E-state index is 0.360. The van der Waals surface area contributed by atoms with Crippen molar-refractivity contribution in [3.8, 4) is 11.5 Å². The normalized spacial score (nSPS) is 10.8. The van der Waals surface area contributed by atoms with Crippen molar-refractivity contribution in [3.63, 3.8) is 0 Å². The van der Waals surface area contributed by atoms with E-state index in [0.717, 1.165) is 15.3 Å². The maximum absolute atomic E-state index is 4.37. The fourth-order valence-corrected chi connectivity index (χ4v) is 2.10. The van der Waals surface area contributed by atoms with Crippen molar-refractivity contribution < 1.29 is 0 Å². The van der Waals surface area contributed by atoms with Crippen LogP contribution < -0.4 is 5.32 Å². The number of rotatable bonds is 3. The van der Waals surface area contributed by atoms with E-state index in [1.54, 1.807) is 6.20 Å². The largest absolute Gasteiger partial charge is 0.358 e. The van der Waals surface area contributed by atoms with E-state index in [2.05, 4.69) is 49.4 Å². The highest BCUT2D eigenvalue weighted by atomic mass is 79.9. The second-order valence-corrected chi connectivity index (χ2v) is 5.25. The van der Waals surface area contributed by atoms with Gasteiger partial charge in [0.1, 0.15) is 5.69 Å². The lowest BCUT2D eigenvalue weighted by Gasteiger charge is -2.03. The Morgan fingerprint density at radius 2 is 2.19 bits per heavy atom. The third-order valence-corrected chi connectivity index (χ3v) is 2.91. The van der Waals surface area contributed by atoms with Crippen LogP contribution in [0.2, 0.25) is 0 Å². The van der Waals surface area contributed by atoms with Gasteiger partial charge in [0.05, 0.1) is 0 Å². The lowest BCUT2D eigenvalue weighted by atomic mass is 10.3. The summed E-state index contributed by atoms with van der Waals surface area (Å²) in [6.45, 7) is 4.14. The molecule has 0 fully saturated rings. The third-order valence-electron chi connectivity index (χ3n) is 1.79. The van der Waals surface area contributed by atoms with Gasteiger partial charge in [-0.1, -0.05) is 0 Å². The molecule has 0 radical (unpaired) electrons. The van der Waals surface area contributed by atoms with E-state index in [9.17, 15) is 0 Å². The van der Waals surface area contributed by atoms with Gasteiger partial charge in [0.2, 0.25) is 5.13 Å². The van der Waals surface area contributed by atoms with Gasteiger partial charge >= 0.3 is 0 Å². The van der Waals surface area contributed by atoms with Gasteiger partial charge in [-0.2, -0.15) is 9.36 Å². The van der Waals surface area contributed by atoms with Crippen molar-refractivity contribution in [1.82, 2.24) is 14.3 Å². The summed E-state index contributed by atoms with van der Waals surface area (Å²) in [5, 5.41) is 4.04. The Kier molecular flexibility index (Phi) is 3.50. The summed E-state index contributed by atoms with van der Waals surface area (Å²) in [6, 6.07) is 4.18. The molecule has 0 aliphatic heterocycles. The first-order valence-corrected chi connectivity index (χ1v) is 6.44. The van der Waals surface area contributed by atoms with Gasteiger partial charge in [-0.05, 0) is 41.9 Å². The number of nitrogens with one attached hydrogen (secondary N) is 1. The summed E-state index contributed by atoms with van der Waals surface area (Å²) in [5.41, 5.74) is 0.788. The lowest BCUT2D eigenvalue weighted by Crippen LogP contribution is -2.08. The number of anilines is 1. The predicted molar refractivity (Wildman–Crippen MR) is 69.6 cm³/mol. The molecule has 0 unspecified atom stereocenters. The third kappa shape index (κ3) is 2.76. The number of halogens is 1. The van der Waals surface area contributed by atoms with E-state index in [0.29, 0.717) is 11.9 Å². The van der Waals surface area contributed by atoms with E-state index in [1.807, 2.05) is 12.1 Å². The standard InChI is InChI=1S/C10H11BrN4S/c1-6(2)13-10-14-9(15-16-10)8-4-3-7(11)5-12-8/h3-6H,1-2H3,(H,13,14,15). The van der Waals surface area contributed by atoms with Crippen molar-refractivity contribution >= 4 is 32.6 Å². The van der Waals surface area contributed by atoms with Crippen molar-refractivity contribution in [2.45, 2.75) is 19.9 Å². The minimum absolute atomic E-state index is 0.360. The fraction of sp³-hybridized carbons (Fsp3) is 0.300. The first-order valence-electron chi connectivity index (χ1n) is 4.87. The molecule has 0 aliphatic rings. The highest BCUT2D eigenvalue weighted by molar-refractivity contribution is 9.10. The zero-order valence-corrected chi connectivity index (χ0v) is 11.3. The van der Waals surface area contributed by atoms with E-state index in [-0.39, 0.29) is 0 Å². The second-order valence-electron chi connectivity index (χ2n) is 3.58. The highest BCUT2D eigenvalue weighted by Crippen LogP contribution is 2.20. The monoisotopic (exact) mass is 298 g/mol. The van der Waals surface area contributed by atoms with Crippen LogP contribution in [-0.2, 0) is 0 Å². The lowest BCUT2D eigenvalue weighted by molar-refractivity contribution is 0.896. The SMILES string of the molecule is CC(C)Nc1nc(-c2ccc(Br)cn2)ns1. The molecule has 16 heavy (non-hydrogen) atoms. The quantitative estimate of drug-likeness (QED) is 0.945. The molecule has 2 aromatic heterocycles. The molecule has 1 N–H and O–H groups in total. The molecule has 0 atom stereocenters. The number of pyridine rings is 1. The van der Waals surface area contributed by atoms with Gasteiger partial charge in [-0.15, -0.1) is 0 Å². The molecular weight excluding hydrogens is 288 g/mol. The summed E-state index contributed by atoms with van der Waals surface area (Å²) < 4.78 is 5.21. The molecule has 0 aromatic carbocycles. The zero-order valence-electron chi connectivity index (χ0n) is 8.94. The molecule has 2 aromatic rings. The Bertz CT molecular complexity index is 466. The Balaban J connectivity index is 2.21. The van der Waals surface area contributed by atoms with Crippen LogP contribution in [0.3, 0.4) is 0 Å². The Morgan fingerprint density at radius 1 is 1.38 bits per heavy atom. The van der Waals surface area contributed by atoms with Crippen LogP contribution >= 0.6 is 27.5 Å². The average Bonchev–Trinajstić information content (AvgIpc) is 2.66. The average molecular weight is 299 g/mol. The van der Waals surface area contributed by atoms with Gasteiger partial charge in [0.15, 0.2) is 5.82 Å². The maximum atomic E-state index is 4.37. The first kappa shape index (κ1) is 11.5. The van der Waals surface area contributed by atoms with E-state index in [4.69, 9.17) is 0 Å². The van der Waals surface area contributed by atoms with E-state index in [1.165, 1.54) is 11.5 Å². The molecule has 0 aliphatic carbocycles. The van der Waals surface area contributed by atoms with Crippen LogP contribution in [-0.4, -0.2) is 20.4 Å². The molecule has 0 amide bonds. The van der Waals surface area contributed by atoms with Crippen LogP contribution in [0.4, 0.5) is 5.13 Å². The summed E-state index contributed by atoms with van der Waals surface area (Å²) in [4.78, 5) is 8.62. The van der Waals surface area contributed by atoms with Crippen LogP contribution in [0.15, 0.2) is 22.8 Å². The number of nitrogens with zero attached hydrogens (tertiary/aromatic N) is 3. The topological polar surface area (TPSA) is 50.7 Å². The number of aromatic nitrogens is 3. The summed E-state index contributed by atoms with van der Waals surface area (Å²) >= 11 is 4.70. The molecular formula is C10H11BrN4S. The Labute approximate surface area is 106 Å². The van der Waals surface area contributed by atoms with Gasteiger partial charge in [0, 0.05) is 28.2 Å². The maximum Gasteiger partial charge on any atom is 0.203 e. The molecule has 0 spiro atoms. The van der Waals surface area contributed by atoms with Gasteiger partial charge in [0.25, 0.3) is 0 Å². The molecule has 2 rings (SSSR count). The van der Waals surface area contributed by atoms with E-state index < -0.39 is 0 Å². The fourth-order valence-electron chi connectivity index (χ4n) is 1.14. The number of hydrogen-bond acceptors (Lipinski definition) is 5. The zero-order chi connectivity index (χ0) is 11.5. The molecule has 4 nitrogen and oxygen atoms in total. The molecule has 0 saturated heterocycles. The molecule has 6 heteroatoms. The van der Waals surface area contributed by atoms with Crippen molar-refractivity contribution in [2.24, 2.45) is 0 Å². The van der Waals surface area contributed by atoms with Crippen molar-refractivity contribution in [3.05, 3.63) is 22.8 Å². The minimum Gasteiger partial charge on any atom is -0.358 e. The van der Waals surface area contributed by atoms with Crippen LogP contribution in [0.5, 0.6) is 0 Å². The summed E-state index contributed by atoms with van der Waals surface area (Å²) in [7, 11) is 0.